The van der Waals surface area contributed by atoms with Crippen molar-refractivity contribution < 1.29 is 33.8 Å². The van der Waals surface area contributed by atoms with Gasteiger partial charge in [-0.3, -0.25) is 19.3 Å². The number of nitrogens with zero attached hydrogens (tertiary/aromatic N) is 1. The highest BCUT2D eigenvalue weighted by Gasteiger charge is 2.42. The molecule has 8 nitrogen and oxygen atoms in total. The summed E-state index contributed by atoms with van der Waals surface area (Å²) >= 11 is 0. The van der Waals surface area contributed by atoms with Gasteiger partial charge < -0.3 is 14.6 Å². The number of hydrogen-bond acceptors (Lipinski definition) is 6. The molecule has 1 heterocycles. The first-order valence-corrected chi connectivity index (χ1v) is 8.20. The Bertz CT molecular complexity index is 754. The number of carbonyl (C=O) groups excluding carboxylic acids is 3. The van der Waals surface area contributed by atoms with Crippen molar-refractivity contribution in [2.45, 2.75) is 39.2 Å². The maximum absolute atomic E-state index is 12.3. The Kier molecular flexibility index (Phi) is 5.64. The summed E-state index contributed by atoms with van der Waals surface area (Å²) in [7, 11) is 0. The van der Waals surface area contributed by atoms with Crippen LogP contribution in [0.25, 0.3) is 0 Å². The molecule has 0 aromatic heterocycles. The van der Waals surface area contributed by atoms with Crippen LogP contribution in [0.2, 0.25) is 0 Å². The minimum absolute atomic E-state index is 0.0469. The molecule has 1 aromatic carbocycles. The molecule has 0 unspecified atom stereocenters. The summed E-state index contributed by atoms with van der Waals surface area (Å²) in [6.07, 6.45) is -0.0989. The average molecular weight is 363 g/mol. The number of carbonyl (C=O) groups is 4. The van der Waals surface area contributed by atoms with Crippen LogP contribution >= 0.6 is 0 Å². The first kappa shape index (κ1) is 19.4. The van der Waals surface area contributed by atoms with Crippen LogP contribution in [0.1, 0.15) is 44.0 Å². The van der Waals surface area contributed by atoms with E-state index in [0.29, 0.717) is 5.75 Å². The van der Waals surface area contributed by atoms with E-state index in [0.717, 1.165) is 4.90 Å². The quantitative estimate of drug-likeness (QED) is 0.581. The highest BCUT2D eigenvalue weighted by molar-refractivity contribution is 6.06. The summed E-state index contributed by atoms with van der Waals surface area (Å²) in [5, 5.41) is 9.46. The molecule has 26 heavy (non-hydrogen) atoms. The molecule has 0 spiro atoms. The lowest BCUT2D eigenvalue weighted by Gasteiger charge is -2.38. The number of benzene rings is 1. The summed E-state index contributed by atoms with van der Waals surface area (Å²) in [5.41, 5.74) is -1.03. The second-order valence-corrected chi connectivity index (χ2v) is 6.29. The Morgan fingerprint density at radius 3 is 2.58 bits per heavy atom. The van der Waals surface area contributed by atoms with Gasteiger partial charge in [-0.2, -0.15) is 0 Å². The molecular formula is C18H21NO7. The van der Waals surface area contributed by atoms with Gasteiger partial charge in [0.1, 0.15) is 11.3 Å². The van der Waals surface area contributed by atoms with Gasteiger partial charge in [0.15, 0.2) is 12.4 Å². The number of amides is 1. The Labute approximate surface area is 150 Å². The van der Waals surface area contributed by atoms with E-state index < -0.39 is 23.4 Å². The molecule has 8 heteroatoms. The molecule has 0 bridgehead atoms. The molecule has 0 saturated carbocycles. The zero-order valence-corrected chi connectivity index (χ0v) is 14.9. The summed E-state index contributed by atoms with van der Waals surface area (Å²) in [6.45, 7) is 4.44. The molecule has 1 aliphatic rings. The lowest BCUT2D eigenvalue weighted by atomic mass is 9.98. The van der Waals surface area contributed by atoms with Gasteiger partial charge in [-0.25, -0.2) is 4.79 Å². The van der Waals surface area contributed by atoms with Crippen LogP contribution in [0.3, 0.4) is 0 Å². The molecule has 1 aromatic rings. The van der Waals surface area contributed by atoms with Crippen LogP contribution in [-0.4, -0.2) is 47.5 Å². The maximum atomic E-state index is 12.3. The average Bonchev–Trinajstić information content (AvgIpc) is 2.58. The monoisotopic (exact) mass is 363 g/mol. The smallest absolute Gasteiger partial charge is 0.329 e. The molecule has 1 aliphatic heterocycles. The van der Waals surface area contributed by atoms with E-state index in [-0.39, 0.29) is 43.1 Å². The van der Waals surface area contributed by atoms with Crippen molar-refractivity contribution in [1.29, 1.82) is 0 Å². The Balaban J connectivity index is 2.31. The summed E-state index contributed by atoms with van der Waals surface area (Å²) in [5.74, 6) is -2.16. The minimum Gasteiger partial charge on any atom is -0.482 e. The fourth-order valence-electron chi connectivity index (χ4n) is 2.63. The Hall–Kier alpha value is -2.90. The van der Waals surface area contributed by atoms with E-state index in [2.05, 4.69) is 0 Å². The number of carboxylic acid groups (broad SMARTS) is 1. The maximum Gasteiger partial charge on any atom is 0.329 e. The number of esters is 1. The van der Waals surface area contributed by atoms with E-state index in [9.17, 15) is 24.3 Å². The van der Waals surface area contributed by atoms with Crippen LogP contribution in [0.15, 0.2) is 18.2 Å². The Morgan fingerprint density at radius 2 is 1.96 bits per heavy atom. The lowest BCUT2D eigenvalue weighted by molar-refractivity contribution is -0.144. The van der Waals surface area contributed by atoms with Crippen LogP contribution in [0.4, 0.5) is 5.69 Å². The molecule has 0 aliphatic carbocycles. The van der Waals surface area contributed by atoms with E-state index in [1.165, 1.54) is 32.0 Å². The first-order chi connectivity index (χ1) is 12.2. The highest BCUT2D eigenvalue weighted by Crippen LogP contribution is 2.37. The molecule has 0 fully saturated rings. The van der Waals surface area contributed by atoms with Crippen LogP contribution < -0.4 is 9.64 Å². The van der Waals surface area contributed by atoms with Gasteiger partial charge in [-0.15, -0.1) is 0 Å². The van der Waals surface area contributed by atoms with Crippen molar-refractivity contribution in [2.75, 3.05) is 18.1 Å². The number of Topliss-reactive ketones (excluding diaryl/α,β-unsaturated/α-hetero) is 1. The molecule has 0 atom stereocenters. The number of carboxylic acids is 1. The van der Waals surface area contributed by atoms with Crippen molar-refractivity contribution >= 4 is 29.3 Å². The number of ketones is 1. The van der Waals surface area contributed by atoms with Crippen LogP contribution in [0.5, 0.6) is 5.75 Å². The highest BCUT2D eigenvalue weighted by atomic mass is 16.5. The van der Waals surface area contributed by atoms with Crippen molar-refractivity contribution in [2.24, 2.45) is 0 Å². The fourth-order valence-corrected chi connectivity index (χ4v) is 2.63. The molecule has 1 amide bonds. The number of hydrogen-bond donors (Lipinski definition) is 1. The predicted molar refractivity (Wildman–Crippen MR) is 91.3 cm³/mol. The van der Waals surface area contributed by atoms with E-state index in [1.807, 2.05) is 0 Å². The molecular weight excluding hydrogens is 342 g/mol. The third kappa shape index (κ3) is 3.84. The van der Waals surface area contributed by atoms with Crippen LogP contribution in [0, 0.1) is 0 Å². The van der Waals surface area contributed by atoms with Gasteiger partial charge >= 0.3 is 11.9 Å². The SMILES string of the molecule is CCOC(=O)CCC(=O)c1ccc2c(c1)N(C(C)(C)C(=O)O)C(=O)CO2. The number of rotatable bonds is 7. The van der Waals surface area contributed by atoms with E-state index in [4.69, 9.17) is 9.47 Å². The van der Waals surface area contributed by atoms with Crippen molar-refractivity contribution in [1.82, 2.24) is 0 Å². The zero-order valence-electron chi connectivity index (χ0n) is 14.9. The lowest BCUT2D eigenvalue weighted by Crippen LogP contribution is -2.56. The second kappa shape index (κ2) is 7.55. The first-order valence-electron chi connectivity index (χ1n) is 8.20. The van der Waals surface area contributed by atoms with Crippen molar-refractivity contribution in [3.05, 3.63) is 23.8 Å². The van der Waals surface area contributed by atoms with E-state index in [1.54, 1.807) is 6.92 Å². The van der Waals surface area contributed by atoms with Gasteiger partial charge in [-0.1, -0.05) is 0 Å². The molecule has 1 N–H and O–H groups in total. The van der Waals surface area contributed by atoms with Crippen molar-refractivity contribution in [3.63, 3.8) is 0 Å². The van der Waals surface area contributed by atoms with Gasteiger partial charge in [0.2, 0.25) is 0 Å². The minimum atomic E-state index is -1.51. The normalized spacial score (nSPS) is 13.7. The number of ether oxygens (including phenoxy) is 2. The molecule has 2 rings (SSSR count). The number of anilines is 1. The second-order valence-electron chi connectivity index (χ2n) is 6.29. The van der Waals surface area contributed by atoms with Crippen molar-refractivity contribution in [3.8, 4) is 5.75 Å². The number of fused-ring (bicyclic) bond motifs is 1. The standard InChI is InChI=1S/C18H21NO7/c1-4-25-16(22)8-6-13(20)11-5-7-14-12(9-11)19(15(21)10-26-14)18(2,3)17(23)24/h5,7,9H,4,6,8,10H2,1-3H3,(H,23,24). The Morgan fingerprint density at radius 1 is 1.27 bits per heavy atom. The number of aliphatic carboxylic acids is 1. The van der Waals surface area contributed by atoms with Gasteiger partial charge in [0, 0.05) is 12.0 Å². The topological polar surface area (TPSA) is 110 Å². The van der Waals surface area contributed by atoms with Gasteiger partial charge in [0.05, 0.1) is 18.7 Å². The zero-order chi connectivity index (χ0) is 19.5. The molecule has 140 valence electrons. The van der Waals surface area contributed by atoms with E-state index >= 15 is 0 Å². The van der Waals surface area contributed by atoms with Gasteiger partial charge in [-0.05, 0) is 39.0 Å². The molecule has 0 saturated heterocycles. The third-order valence-corrected chi connectivity index (χ3v) is 4.07. The van der Waals surface area contributed by atoms with Crippen LogP contribution in [-0.2, 0) is 19.1 Å². The summed E-state index contributed by atoms with van der Waals surface area (Å²) in [4.78, 5) is 48.7. The van der Waals surface area contributed by atoms with Gasteiger partial charge in [0.25, 0.3) is 5.91 Å². The summed E-state index contributed by atoms with van der Waals surface area (Å²) in [6, 6.07) is 4.46. The fraction of sp³-hybridized carbons (Fsp3) is 0.444. The largest absolute Gasteiger partial charge is 0.482 e. The predicted octanol–water partition coefficient (Wildman–Crippen LogP) is 1.80. The molecule has 0 radical (unpaired) electrons. The summed E-state index contributed by atoms with van der Waals surface area (Å²) < 4.78 is 10.1. The third-order valence-electron chi connectivity index (χ3n) is 4.07.